The summed E-state index contributed by atoms with van der Waals surface area (Å²) in [5, 5.41) is 32.9. The first-order valence-corrected chi connectivity index (χ1v) is 29.3. The SMILES string of the molecule is Cc1onc(-c2ccccc2Cl)c1C(=O)N[C@@H]1C(=O)N2[C@@H]1SC(C)(C)[C@@H]2C(=O)SCCNC(=O)CCNC(=O)C(O)C(C)(C)COP(=O)(O)OP(=O)(O)OCC1OC(n2cnc3c(N)ncnc32)C(O)C1OP(=O)(O)O. The zero-order valence-corrected chi connectivity index (χ0v) is 45.6. The van der Waals surface area contributed by atoms with Crippen LogP contribution in [-0.2, 0) is 55.5 Å². The molecule has 7 rings (SSSR count). The number of imidazole rings is 1. The monoisotopic (exact) mass is 1180 g/mol. The number of β-lactam (4-membered cyclic amide) rings is 1. The second-order valence-corrected chi connectivity index (χ2v) is 25.9. The smallest absolute Gasteiger partial charge is 0.386 e. The van der Waals surface area contributed by atoms with Gasteiger partial charge in [-0.3, -0.25) is 42.1 Å². The minimum atomic E-state index is -5.63. The number of aliphatic hydroxyl groups is 2. The summed E-state index contributed by atoms with van der Waals surface area (Å²) in [6, 6.07) is 4.99. The van der Waals surface area contributed by atoms with Crippen LogP contribution in [0.5, 0.6) is 0 Å². The molecule has 416 valence electrons. The van der Waals surface area contributed by atoms with Crippen LogP contribution in [0, 0.1) is 12.3 Å². The van der Waals surface area contributed by atoms with Crippen molar-refractivity contribution in [1.82, 2.24) is 45.5 Å². The molecule has 3 aliphatic heterocycles. The number of fused-ring (bicyclic) bond motifs is 2. The first-order valence-electron chi connectivity index (χ1n) is 22.5. The van der Waals surface area contributed by atoms with Gasteiger partial charge < -0.3 is 65.6 Å². The van der Waals surface area contributed by atoms with Crippen LogP contribution in [0.4, 0.5) is 5.82 Å². The third-order valence-corrected chi connectivity index (χ3v) is 17.8. The topological polar surface area (TPSA) is 439 Å². The molecule has 0 saturated carbocycles. The number of anilines is 1. The molecule has 3 aromatic heterocycles. The predicted octanol–water partition coefficient (Wildman–Crippen LogP) is 1.14. The molecule has 36 heteroatoms. The van der Waals surface area contributed by atoms with E-state index in [0.717, 1.165) is 29.0 Å². The van der Waals surface area contributed by atoms with Gasteiger partial charge in [0.05, 0.1) is 24.6 Å². The molecular weight excluding hydrogens is 1130 g/mol. The molecule has 3 fully saturated rings. The van der Waals surface area contributed by atoms with Crippen molar-refractivity contribution in [1.29, 1.82) is 0 Å². The Kier molecular flexibility index (Phi) is 18.0. The Hall–Kier alpha value is -4.43. The van der Waals surface area contributed by atoms with Crippen LogP contribution in [0.15, 0.2) is 41.4 Å². The summed E-state index contributed by atoms with van der Waals surface area (Å²) in [6.07, 6.45) is -7.24. The number of amides is 4. The second-order valence-electron chi connectivity index (χ2n) is 18.4. The number of aromatic nitrogens is 5. The number of thioether (sulfide) groups is 2. The number of carbonyl (C=O) groups excluding carboxylic acids is 5. The number of phosphoric ester groups is 3. The highest BCUT2D eigenvalue weighted by atomic mass is 35.5. The first-order chi connectivity index (χ1) is 35.4. The molecule has 30 nitrogen and oxygen atoms in total. The number of rotatable bonds is 23. The number of nitrogens with zero attached hydrogens (tertiary/aromatic N) is 6. The second kappa shape index (κ2) is 23.1. The summed E-state index contributed by atoms with van der Waals surface area (Å²) in [7, 11) is -16.6. The summed E-state index contributed by atoms with van der Waals surface area (Å²) in [5.41, 5.74) is 4.98. The maximum Gasteiger partial charge on any atom is 0.481 e. The van der Waals surface area contributed by atoms with Gasteiger partial charge in [0.2, 0.25) is 22.8 Å². The van der Waals surface area contributed by atoms with Gasteiger partial charge in [-0.1, -0.05) is 60.6 Å². The maximum absolute atomic E-state index is 13.5. The average molecular weight is 1190 g/mol. The number of nitrogen functional groups attached to an aromatic ring is 1. The Morgan fingerprint density at radius 1 is 1.04 bits per heavy atom. The fraction of sp³-hybridized carbons (Fsp3) is 0.525. The molecule has 76 heavy (non-hydrogen) atoms. The summed E-state index contributed by atoms with van der Waals surface area (Å²) >= 11 is 8.61. The van der Waals surface area contributed by atoms with Crippen molar-refractivity contribution >= 4 is 104 Å². The Morgan fingerprint density at radius 3 is 2.43 bits per heavy atom. The third-order valence-electron chi connectivity index (χ3n) is 11.9. The lowest BCUT2D eigenvalue weighted by Gasteiger charge is -2.44. The zero-order chi connectivity index (χ0) is 55.9. The van der Waals surface area contributed by atoms with E-state index in [0.29, 0.717) is 10.6 Å². The number of phosphoric acid groups is 3. The van der Waals surface area contributed by atoms with Crippen molar-refractivity contribution < 1.29 is 94.6 Å². The molecule has 0 bridgehead atoms. The molecule has 0 radical (unpaired) electrons. The van der Waals surface area contributed by atoms with Crippen molar-refractivity contribution in [3.8, 4) is 11.3 Å². The molecule has 4 aromatic rings. The van der Waals surface area contributed by atoms with Crippen LogP contribution < -0.4 is 21.7 Å². The quantitative estimate of drug-likeness (QED) is 0.0283. The minimum Gasteiger partial charge on any atom is -0.386 e. The Labute approximate surface area is 444 Å². The van der Waals surface area contributed by atoms with Gasteiger partial charge in [0.15, 0.2) is 17.7 Å². The lowest BCUT2D eigenvalue weighted by molar-refractivity contribution is -0.150. The number of carbonyl (C=O) groups is 5. The van der Waals surface area contributed by atoms with Crippen molar-refractivity contribution in [3.63, 3.8) is 0 Å². The molecule has 6 heterocycles. The number of nitrogens with two attached hydrogens (primary N) is 1. The van der Waals surface area contributed by atoms with Crippen LogP contribution >= 0.6 is 58.6 Å². The summed E-state index contributed by atoms with van der Waals surface area (Å²) in [5.74, 6) is -2.34. The predicted molar refractivity (Wildman–Crippen MR) is 266 cm³/mol. The van der Waals surface area contributed by atoms with E-state index in [9.17, 15) is 67.5 Å². The molecule has 3 saturated heterocycles. The number of benzene rings is 1. The lowest BCUT2D eigenvalue weighted by Crippen LogP contribution is -2.70. The standard InChI is InChI=1S/C40H52ClN10O20P3S2/c1-18-23(24(49-69-18)19-8-6-7-9-20(19)41)33(55)48-26-35(57)51-29(40(4,5)76-37(26)51)38(58)75-13-12-43-22(52)10-11-44-34(56)30(54)39(2,3)15-67-74(64,65)71-73(62,63)66-14-21-28(70-72(59,60)61)27(53)36(68-21)50-17-47-25-31(42)45-16-46-32(25)50/h6-9,16-17,21,26-30,36-37,53-54H,10-15H2,1-5H3,(H,43,52)(H,44,56)(H,48,55)(H,62,63)(H,64,65)(H2,42,45,46)(H2,59,60,61)/t21?,26-,27?,28?,29+,30?,36?,37-/m1/s1. The highest BCUT2D eigenvalue weighted by Crippen LogP contribution is 2.61. The number of hydrogen-bond donors (Lipinski definition) is 10. The number of aliphatic hydroxyl groups excluding tert-OH is 2. The van der Waals surface area contributed by atoms with E-state index in [1.54, 1.807) is 31.2 Å². The molecular formula is C40H52ClN10O20P3S2. The van der Waals surface area contributed by atoms with Crippen LogP contribution in [0.25, 0.3) is 22.4 Å². The molecule has 7 unspecified atom stereocenters. The fourth-order valence-electron chi connectivity index (χ4n) is 8.18. The minimum absolute atomic E-state index is 0.0123. The Balaban J connectivity index is 0.812. The van der Waals surface area contributed by atoms with E-state index in [-0.39, 0.29) is 64.4 Å². The lowest BCUT2D eigenvalue weighted by atomic mass is 9.87. The number of aryl methyl sites for hydroxylation is 1. The van der Waals surface area contributed by atoms with E-state index in [1.807, 2.05) is 13.8 Å². The van der Waals surface area contributed by atoms with Crippen molar-refractivity contribution in [2.75, 3.05) is 37.8 Å². The van der Waals surface area contributed by atoms with Crippen LogP contribution in [0.3, 0.4) is 0 Å². The number of ether oxygens (including phenoxy) is 1. The largest absolute Gasteiger partial charge is 0.481 e. The van der Waals surface area contributed by atoms with Gasteiger partial charge in [-0.15, -0.1) is 11.8 Å². The summed E-state index contributed by atoms with van der Waals surface area (Å²) < 4.78 is 67.2. The van der Waals surface area contributed by atoms with Gasteiger partial charge in [0.1, 0.15) is 70.7 Å². The van der Waals surface area contributed by atoms with Gasteiger partial charge in [-0.05, 0) is 26.8 Å². The molecule has 1 aromatic carbocycles. The fourth-order valence-corrected chi connectivity index (χ4v) is 13.9. The number of hydrogen-bond acceptors (Lipinski definition) is 23. The van der Waals surface area contributed by atoms with Gasteiger partial charge >= 0.3 is 23.5 Å². The maximum atomic E-state index is 13.5. The van der Waals surface area contributed by atoms with Gasteiger partial charge in [-0.25, -0.2) is 28.6 Å². The number of nitrogens with one attached hydrogen (secondary N) is 3. The highest BCUT2D eigenvalue weighted by Gasteiger charge is 2.64. The van der Waals surface area contributed by atoms with E-state index in [2.05, 4.69) is 44.9 Å². The molecule has 3 aliphatic rings. The molecule has 4 amide bonds. The first kappa shape index (κ1) is 59.2. The van der Waals surface area contributed by atoms with Crippen molar-refractivity contribution in [2.24, 2.45) is 5.41 Å². The van der Waals surface area contributed by atoms with E-state index in [4.69, 9.17) is 35.6 Å². The van der Waals surface area contributed by atoms with Gasteiger partial charge in [-0.2, -0.15) is 4.31 Å². The van der Waals surface area contributed by atoms with Gasteiger partial charge in [0, 0.05) is 41.0 Å². The average Bonchev–Trinajstić information content (AvgIpc) is 4.08. The molecule has 11 N–H and O–H groups in total. The van der Waals surface area contributed by atoms with E-state index < -0.39 is 119 Å². The third kappa shape index (κ3) is 13.3. The van der Waals surface area contributed by atoms with Crippen molar-refractivity contribution in [3.05, 3.63) is 53.3 Å². The summed E-state index contributed by atoms with van der Waals surface area (Å²) in [4.78, 5) is 119. The van der Waals surface area contributed by atoms with Crippen LogP contribution in [0.2, 0.25) is 5.02 Å². The van der Waals surface area contributed by atoms with E-state index in [1.165, 1.54) is 30.5 Å². The zero-order valence-electron chi connectivity index (χ0n) is 40.5. The van der Waals surface area contributed by atoms with Gasteiger partial charge in [0.25, 0.3) is 5.91 Å². The molecule has 10 atom stereocenters. The highest BCUT2D eigenvalue weighted by molar-refractivity contribution is 8.14. The van der Waals surface area contributed by atoms with Crippen LogP contribution in [-0.4, -0.2) is 167 Å². The number of halogens is 1. The Morgan fingerprint density at radius 2 is 1.74 bits per heavy atom. The Bertz CT molecular complexity index is 3040. The van der Waals surface area contributed by atoms with Crippen LogP contribution in [0.1, 0.15) is 56.5 Å². The molecule has 0 spiro atoms. The van der Waals surface area contributed by atoms with Crippen molar-refractivity contribution in [2.45, 2.75) is 93.9 Å². The normalized spacial score (nSPS) is 24.3. The molecule has 0 aliphatic carbocycles. The van der Waals surface area contributed by atoms with E-state index >= 15 is 0 Å². The summed E-state index contributed by atoms with van der Waals surface area (Å²) in [6.45, 7) is 5.26.